The molecule has 0 aliphatic carbocycles. The van der Waals surface area contributed by atoms with Gasteiger partial charge in [0.05, 0.1) is 0 Å². The monoisotopic (exact) mass is 289 g/mol. The first kappa shape index (κ1) is 17.7. The van der Waals surface area contributed by atoms with E-state index in [1.54, 1.807) is 0 Å². The van der Waals surface area contributed by atoms with Gasteiger partial charge in [-0.2, -0.15) is 0 Å². The van der Waals surface area contributed by atoms with E-state index in [1.807, 2.05) is 17.0 Å². The number of hydrogen-bond donors (Lipinski definition) is 0. The largest absolute Gasteiger partial charge is 0.334 e. The lowest BCUT2D eigenvalue weighted by atomic mass is 10.0. The maximum Gasteiger partial charge on any atom is 0.254 e. The van der Waals surface area contributed by atoms with Crippen LogP contribution in [0.15, 0.2) is 24.3 Å². The second kappa shape index (κ2) is 8.86. The van der Waals surface area contributed by atoms with Crippen molar-refractivity contribution in [1.82, 2.24) is 4.90 Å². The third kappa shape index (κ3) is 5.53. The summed E-state index contributed by atoms with van der Waals surface area (Å²) >= 11 is 0. The summed E-state index contributed by atoms with van der Waals surface area (Å²) in [6.45, 7) is 10.5. The number of carbonyl (C=O) groups is 1. The van der Waals surface area contributed by atoms with Crippen LogP contribution < -0.4 is 0 Å². The van der Waals surface area contributed by atoms with Crippen molar-refractivity contribution in [2.75, 3.05) is 0 Å². The normalized spacial score (nSPS) is 11.2. The summed E-state index contributed by atoms with van der Waals surface area (Å²) in [7, 11) is 0. The Balaban J connectivity index is 2.66. The second-order valence-electron chi connectivity index (χ2n) is 6.41. The Hall–Kier alpha value is -1.31. The fourth-order valence-corrected chi connectivity index (χ4v) is 2.78. The van der Waals surface area contributed by atoms with Crippen molar-refractivity contribution in [2.45, 2.75) is 78.8 Å². The second-order valence-corrected chi connectivity index (χ2v) is 6.41. The van der Waals surface area contributed by atoms with Crippen LogP contribution in [0, 0.1) is 0 Å². The first-order valence-electron chi connectivity index (χ1n) is 8.39. The van der Waals surface area contributed by atoms with E-state index in [0.717, 1.165) is 12.0 Å². The predicted molar refractivity (Wildman–Crippen MR) is 90.7 cm³/mol. The van der Waals surface area contributed by atoms with E-state index in [0.29, 0.717) is 0 Å². The van der Waals surface area contributed by atoms with Crippen molar-refractivity contribution in [1.29, 1.82) is 0 Å². The molecule has 0 aromatic heterocycles. The molecule has 1 aromatic rings. The number of hydrogen-bond acceptors (Lipinski definition) is 1. The van der Waals surface area contributed by atoms with E-state index in [9.17, 15) is 4.79 Å². The minimum atomic E-state index is 0.137. The summed E-state index contributed by atoms with van der Waals surface area (Å²) in [5, 5.41) is 0. The molecule has 0 atom stereocenters. The van der Waals surface area contributed by atoms with Gasteiger partial charge in [0.2, 0.25) is 0 Å². The first-order valence-corrected chi connectivity index (χ1v) is 8.39. The maximum atomic E-state index is 12.6. The number of aryl methyl sites for hydroxylation is 1. The highest BCUT2D eigenvalue weighted by Crippen LogP contribution is 2.14. The van der Waals surface area contributed by atoms with Crippen molar-refractivity contribution in [3.63, 3.8) is 0 Å². The molecule has 0 N–H and O–H groups in total. The zero-order valence-electron chi connectivity index (χ0n) is 14.4. The van der Waals surface area contributed by atoms with Crippen LogP contribution in [0.4, 0.5) is 0 Å². The molecule has 21 heavy (non-hydrogen) atoms. The van der Waals surface area contributed by atoms with Crippen molar-refractivity contribution in [3.8, 4) is 0 Å². The van der Waals surface area contributed by atoms with E-state index in [4.69, 9.17) is 0 Å². The standard InChI is InChI=1S/C19H31NO/c1-6-7-8-9-10-17-11-13-18(14-12-17)19(21)20(15(2)3)16(4)5/h11-16H,6-10H2,1-5H3. The molecule has 0 spiro atoms. The van der Waals surface area contributed by atoms with Crippen LogP contribution >= 0.6 is 0 Å². The molecule has 1 aromatic carbocycles. The van der Waals surface area contributed by atoms with Crippen LogP contribution in [0.3, 0.4) is 0 Å². The number of amides is 1. The maximum absolute atomic E-state index is 12.6. The topological polar surface area (TPSA) is 20.3 Å². The van der Waals surface area contributed by atoms with Crippen LogP contribution in [-0.2, 0) is 6.42 Å². The van der Waals surface area contributed by atoms with Crippen LogP contribution in [-0.4, -0.2) is 22.9 Å². The van der Waals surface area contributed by atoms with Crippen LogP contribution in [0.1, 0.15) is 76.2 Å². The number of nitrogens with zero attached hydrogens (tertiary/aromatic N) is 1. The molecular weight excluding hydrogens is 258 g/mol. The summed E-state index contributed by atoms with van der Waals surface area (Å²) in [4.78, 5) is 14.5. The van der Waals surface area contributed by atoms with Gasteiger partial charge in [-0.3, -0.25) is 4.79 Å². The van der Waals surface area contributed by atoms with Crippen LogP contribution in [0.25, 0.3) is 0 Å². The Morgan fingerprint density at radius 3 is 2.00 bits per heavy atom. The summed E-state index contributed by atoms with van der Waals surface area (Å²) in [5.41, 5.74) is 2.14. The highest BCUT2D eigenvalue weighted by molar-refractivity contribution is 5.94. The molecule has 0 aliphatic heterocycles. The lowest BCUT2D eigenvalue weighted by Crippen LogP contribution is -2.42. The van der Waals surface area contributed by atoms with E-state index < -0.39 is 0 Å². The fourth-order valence-electron chi connectivity index (χ4n) is 2.78. The SMILES string of the molecule is CCCCCCc1ccc(C(=O)N(C(C)C)C(C)C)cc1. The van der Waals surface area contributed by atoms with Crippen LogP contribution in [0.2, 0.25) is 0 Å². The number of benzene rings is 1. The highest BCUT2D eigenvalue weighted by Gasteiger charge is 2.21. The molecule has 1 rings (SSSR count). The summed E-state index contributed by atoms with van der Waals surface area (Å²) < 4.78 is 0. The minimum Gasteiger partial charge on any atom is -0.334 e. The Labute approximate surface area is 130 Å². The van der Waals surface area contributed by atoms with Gasteiger partial charge in [-0.1, -0.05) is 38.3 Å². The zero-order chi connectivity index (χ0) is 15.8. The van der Waals surface area contributed by atoms with Crippen molar-refractivity contribution < 1.29 is 4.79 Å². The molecule has 0 radical (unpaired) electrons. The van der Waals surface area contributed by atoms with Gasteiger partial charge in [-0.05, 0) is 58.2 Å². The molecule has 0 unspecified atom stereocenters. The average molecular weight is 289 g/mol. The molecule has 0 saturated heterocycles. The molecular formula is C19H31NO. The minimum absolute atomic E-state index is 0.137. The van der Waals surface area contributed by atoms with E-state index in [-0.39, 0.29) is 18.0 Å². The van der Waals surface area contributed by atoms with Gasteiger partial charge in [0.25, 0.3) is 5.91 Å². The Morgan fingerprint density at radius 1 is 0.952 bits per heavy atom. The van der Waals surface area contributed by atoms with Gasteiger partial charge in [0, 0.05) is 17.6 Å². The Bertz CT molecular complexity index is 412. The molecule has 0 saturated carbocycles. The Morgan fingerprint density at radius 2 is 1.52 bits per heavy atom. The van der Waals surface area contributed by atoms with Gasteiger partial charge in [0.1, 0.15) is 0 Å². The fraction of sp³-hybridized carbons (Fsp3) is 0.632. The van der Waals surface area contributed by atoms with Gasteiger partial charge >= 0.3 is 0 Å². The van der Waals surface area contributed by atoms with Gasteiger partial charge in [-0.25, -0.2) is 0 Å². The first-order chi connectivity index (χ1) is 9.97. The third-order valence-electron chi connectivity index (χ3n) is 3.87. The molecule has 0 fully saturated rings. The van der Waals surface area contributed by atoms with Gasteiger partial charge in [0.15, 0.2) is 0 Å². The molecule has 2 heteroatoms. The smallest absolute Gasteiger partial charge is 0.254 e. The van der Waals surface area contributed by atoms with E-state index in [1.165, 1.54) is 31.2 Å². The number of rotatable bonds is 8. The van der Waals surface area contributed by atoms with Crippen molar-refractivity contribution in [3.05, 3.63) is 35.4 Å². The van der Waals surface area contributed by atoms with E-state index in [2.05, 4.69) is 46.8 Å². The molecule has 2 nitrogen and oxygen atoms in total. The summed E-state index contributed by atoms with van der Waals surface area (Å²) in [5.74, 6) is 0.137. The highest BCUT2D eigenvalue weighted by atomic mass is 16.2. The van der Waals surface area contributed by atoms with Gasteiger partial charge < -0.3 is 4.90 Å². The molecule has 118 valence electrons. The third-order valence-corrected chi connectivity index (χ3v) is 3.87. The molecule has 0 heterocycles. The molecule has 0 bridgehead atoms. The van der Waals surface area contributed by atoms with Gasteiger partial charge in [-0.15, -0.1) is 0 Å². The lowest BCUT2D eigenvalue weighted by molar-refractivity contribution is 0.0643. The molecule has 0 aliphatic rings. The van der Waals surface area contributed by atoms with E-state index >= 15 is 0 Å². The summed E-state index contributed by atoms with van der Waals surface area (Å²) in [6, 6.07) is 8.64. The molecule has 1 amide bonds. The van der Waals surface area contributed by atoms with Crippen molar-refractivity contribution >= 4 is 5.91 Å². The zero-order valence-corrected chi connectivity index (χ0v) is 14.4. The number of unbranched alkanes of at least 4 members (excludes halogenated alkanes) is 3. The van der Waals surface area contributed by atoms with Crippen LogP contribution in [0.5, 0.6) is 0 Å². The summed E-state index contributed by atoms with van der Waals surface area (Å²) in [6.07, 6.45) is 6.24. The number of carbonyl (C=O) groups excluding carboxylic acids is 1. The predicted octanol–water partition coefficient (Wildman–Crippen LogP) is 5.07. The van der Waals surface area contributed by atoms with Crippen molar-refractivity contribution in [2.24, 2.45) is 0 Å². The quantitative estimate of drug-likeness (QED) is 0.612. The Kier molecular flexibility index (Phi) is 7.49. The lowest BCUT2D eigenvalue weighted by Gasteiger charge is -2.30. The average Bonchev–Trinajstić information content (AvgIpc) is 2.43.